The summed E-state index contributed by atoms with van der Waals surface area (Å²) < 4.78 is 5.84. The number of nitrogens with one attached hydrogen (secondary N) is 1. The molecular weight excluding hydrogens is 178 g/mol. The minimum absolute atomic E-state index is 0.215. The summed E-state index contributed by atoms with van der Waals surface area (Å²) in [4.78, 5) is 6.98. The molecule has 0 saturated carbocycles. The molecular formula is C10H17N3O. The molecule has 0 aromatic heterocycles. The molecule has 0 spiro atoms. The normalized spacial score (nSPS) is 37.9. The van der Waals surface area contributed by atoms with E-state index in [2.05, 4.69) is 15.2 Å². The number of aliphatic imine (C=N–C) groups is 1. The van der Waals surface area contributed by atoms with Gasteiger partial charge in [0.05, 0.1) is 13.2 Å². The molecule has 0 amide bonds. The third-order valence-corrected chi connectivity index (χ3v) is 3.39. The van der Waals surface area contributed by atoms with Crippen molar-refractivity contribution in [2.75, 3.05) is 32.8 Å². The summed E-state index contributed by atoms with van der Waals surface area (Å²) in [5.41, 5.74) is 0. The van der Waals surface area contributed by atoms with Crippen LogP contribution < -0.4 is 5.32 Å². The molecule has 2 saturated heterocycles. The van der Waals surface area contributed by atoms with Crippen LogP contribution in [0.15, 0.2) is 4.99 Å². The molecule has 0 radical (unpaired) electrons. The van der Waals surface area contributed by atoms with Crippen molar-refractivity contribution in [2.24, 2.45) is 4.99 Å². The van der Waals surface area contributed by atoms with Crippen molar-refractivity contribution >= 4 is 5.84 Å². The average molecular weight is 195 g/mol. The highest BCUT2D eigenvalue weighted by atomic mass is 16.5. The Labute approximate surface area is 84.3 Å². The molecule has 0 aromatic rings. The highest BCUT2D eigenvalue weighted by molar-refractivity contribution is 5.88. The number of amidine groups is 1. The summed E-state index contributed by atoms with van der Waals surface area (Å²) in [6, 6.07) is 0.688. The summed E-state index contributed by atoms with van der Waals surface area (Å²) in [6.07, 6.45) is 2.86. The van der Waals surface area contributed by atoms with E-state index in [-0.39, 0.29) is 6.10 Å². The quantitative estimate of drug-likeness (QED) is 0.632. The predicted molar refractivity (Wildman–Crippen MR) is 54.6 cm³/mol. The van der Waals surface area contributed by atoms with Crippen LogP contribution in [0.3, 0.4) is 0 Å². The third kappa shape index (κ3) is 1.42. The summed E-state index contributed by atoms with van der Waals surface area (Å²) in [5, 5.41) is 3.30. The van der Waals surface area contributed by atoms with E-state index < -0.39 is 0 Å². The Morgan fingerprint density at radius 2 is 2.50 bits per heavy atom. The zero-order valence-corrected chi connectivity index (χ0v) is 8.41. The number of nitrogens with zero attached hydrogens (tertiary/aromatic N) is 2. The Bertz CT molecular complexity index is 254. The van der Waals surface area contributed by atoms with Crippen LogP contribution >= 0.6 is 0 Å². The molecule has 4 nitrogen and oxygen atoms in total. The second-order valence-corrected chi connectivity index (χ2v) is 4.31. The first-order valence-corrected chi connectivity index (χ1v) is 5.57. The molecule has 1 N–H and O–H groups in total. The van der Waals surface area contributed by atoms with Crippen molar-refractivity contribution in [1.29, 1.82) is 0 Å². The fourth-order valence-corrected chi connectivity index (χ4v) is 2.61. The van der Waals surface area contributed by atoms with Crippen molar-refractivity contribution < 1.29 is 4.74 Å². The number of morpholine rings is 1. The SMILES string of the molecule is C1CC2COC(C3=NCCN3)CN2C1. The lowest BCUT2D eigenvalue weighted by molar-refractivity contribution is -0.0171. The van der Waals surface area contributed by atoms with Crippen LogP contribution in [0.25, 0.3) is 0 Å². The maximum absolute atomic E-state index is 5.84. The van der Waals surface area contributed by atoms with E-state index in [1.165, 1.54) is 19.4 Å². The number of fused-ring (bicyclic) bond motifs is 1. The third-order valence-electron chi connectivity index (χ3n) is 3.39. The second kappa shape index (κ2) is 3.51. The molecule has 0 aromatic carbocycles. The molecule has 0 aliphatic carbocycles. The van der Waals surface area contributed by atoms with E-state index in [0.29, 0.717) is 6.04 Å². The monoisotopic (exact) mass is 195 g/mol. The van der Waals surface area contributed by atoms with E-state index in [1.807, 2.05) is 0 Å². The zero-order valence-electron chi connectivity index (χ0n) is 8.41. The first kappa shape index (κ1) is 8.68. The standard InChI is InChI=1S/C10H17N3O/c1-2-8-7-14-9(6-13(8)5-1)10-11-3-4-12-10/h8-9H,1-7H2,(H,11,12). The minimum atomic E-state index is 0.215. The van der Waals surface area contributed by atoms with Gasteiger partial charge in [0.15, 0.2) is 0 Å². The lowest BCUT2D eigenvalue weighted by Gasteiger charge is -2.35. The maximum atomic E-state index is 5.84. The van der Waals surface area contributed by atoms with Gasteiger partial charge in [0.25, 0.3) is 0 Å². The summed E-state index contributed by atoms with van der Waals surface area (Å²) in [6.45, 7) is 5.08. The van der Waals surface area contributed by atoms with Crippen molar-refractivity contribution in [1.82, 2.24) is 10.2 Å². The van der Waals surface area contributed by atoms with Crippen molar-refractivity contribution in [3.63, 3.8) is 0 Å². The maximum Gasteiger partial charge on any atom is 0.127 e. The van der Waals surface area contributed by atoms with Gasteiger partial charge in [0, 0.05) is 19.1 Å². The first-order valence-electron chi connectivity index (χ1n) is 5.57. The molecule has 4 heteroatoms. The summed E-state index contributed by atoms with van der Waals surface area (Å²) in [7, 11) is 0. The molecule has 78 valence electrons. The number of rotatable bonds is 1. The lowest BCUT2D eigenvalue weighted by atomic mass is 10.2. The van der Waals surface area contributed by atoms with Gasteiger partial charge in [-0.3, -0.25) is 9.89 Å². The predicted octanol–water partition coefficient (Wildman–Crippen LogP) is -0.149. The number of ether oxygens (including phenoxy) is 1. The van der Waals surface area contributed by atoms with Gasteiger partial charge in [0.2, 0.25) is 0 Å². The first-order chi connectivity index (χ1) is 6.93. The van der Waals surface area contributed by atoms with Crippen LogP contribution in [0.4, 0.5) is 0 Å². The molecule has 2 fully saturated rings. The van der Waals surface area contributed by atoms with Crippen molar-refractivity contribution in [3.05, 3.63) is 0 Å². The van der Waals surface area contributed by atoms with Gasteiger partial charge in [-0.15, -0.1) is 0 Å². The van der Waals surface area contributed by atoms with Crippen LogP contribution in [0.5, 0.6) is 0 Å². The Kier molecular flexibility index (Phi) is 2.18. The van der Waals surface area contributed by atoms with Crippen LogP contribution in [0.1, 0.15) is 12.8 Å². The molecule has 3 aliphatic rings. The summed E-state index contributed by atoms with van der Waals surface area (Å²) in [5.74, 6) is 1.08. The fourth-order valence-electron chi connectivity index (χ4n) is 2.61. The van der Waals surface area contributed by atoms with Gasteiger partial charge in [-0.05, 0) is 19.4 Å². The molecule has 3 rings (SSSR count). The van der Waals surface area contributed by atoms with Gasteiger partial charge >= 0.3 is 0 Å². The second-order valence-electron chi connectivity index (χ2n) is 4.31. The van der Waals surface area contributed by atoms with Gasteiger partial charge < -0.3 is 10.1 Å². The van der Waals surface area contributed by atoms with Gasteiger partial charge in [-0.25, -0.2) is 0 Å². The van der Waals surface area contributed by atoms with Gasteiger partial charge in [-0.1, -0.05) is 0 Å². The van der Waals surface area contributed by atoms with E-state index in [1.54, 1.807) is 0 Å². The number of hydrogen-bond acceptors (Lipinski definition) is 4. The van der Waals surface area contributed by atoms with E-state index in [4.69, 9.17) is 4.74 Å². The Balaban J connectivity index is 1.66. The van der Waals surface area contributed by atoms with Gasteiger partial charge in [0.1, 0.15) is 11.9 Å². The number of hydrogen-bond donors (Lipinski definition) is 1. The smallest absolute Gasteiger partial charge is 0.127 e. The van der Waals surface area contributed by atoms with Crippen LogP contribution in [0.2, 0.25) is 0 Å². The van der Waals surface area contributed by atoms with Crippen LogP contribution in [-0.2, 0) is 4.74 Å². The molecule has 2 atom stereocenters. The Hall–Kier alpha value is -0.610. The van der Waals surface area contributed by atoms with Crippen LogP contribution in [-0.4, -0.2) is 55.7 Å². The van der Waals surface area contributed by atoms with Crippen LogP contribution in [0, 0.1) is 0 Å². The van der Waals surface area contributed by atoms with Crippen molar-refractivity contribution in [3.8, 4) is 0 Å². The summed E-state index contributed by atoms with van der Waals surface area (Å²) >= 11 is 0. The average Bonchev–Trinajstić information content (AvgIpc) is 2.88. The van der Waals surface area contributed by atoms with Crippen molar-refractivity contribution in [2.45, 2.75) is 25.0 Å². The van der Waals surface area contributed by atoms with Gasteiger partial charge in [-0.2, -0.15) is 0 Å². The zero-order chi connectivity index (χ0) is 9.38. The fraction of sp³-hybridized carbons (Fsp3) is 0.900. The minimum Gasteiger partial charge on any atom is -0.370 e. The Morgan fingerprint density at radius 1 is 1.50 bits per heavy atom. The largest absolute Gasteiger partial charge is 0.370 e. The van der Waals surface area contributed by atoms with E-state index in [0.717, 1.165) is 32.1 Å². The Morgan fingerprint density at radius 3 is 3.36 bits per heavy atom. The van der Waals surface area contributed by atoms with E-state index in [9.17, 15) is 0 Å². The molecule has 3 aliphatic heterocycles. The molecule has 2 unspecified atom stereocenters. The molecule has 14 heavy (non-hydrogen) atoms. The lowest BCUT2D eigenvalue weighted by Crippen LogP contribution is -2.51. The van der Waals surface area contributed by atoms with E-state index >= 15 is 0 Å². The highest BCUT2D eigenvalue weighted by Gasteiger charge is 2.34. The topological polar surface area (TPSA) is 36.9 Å². The highest BCUT2D eigenvalue weighted by Crippen LogP contribution is 2.23. The molecule has 0 bridgehead atoms. The molecule has 3 heterocycles.